The third-order valence-corrected chi connectivity index (χ3v) is 3.86. The number of methoxy groups -OCH3 is 1. The predicted octanol–water partition coefficient (Wildman–Crippen LogP) is 3.33. The SMILES string of the molecule is CCCOc1ccc(-c2nc(CNCCOC)cs2)cc1. The highest BCUT2D eigenvalue weighted by Gasteiger charge is 2.05. The summed E-state index contributed by atoms with van der Waals surface area (Å²) < 4.78 is 10.6. The first kappa shape index (κ1) is 15.9. The topological polar surface area (TPSA) is 43.4 Å². The van der Waals surface area contributed by atoms with Crippen molar-refractivity contribution in [2.75, 3.05) is 26.9 Å². The van der Waals surface area contributed by atoms with Crippen molar-refractivity contribution in [2.45, 2.75) is 19.9 Å². The summed E-state index contributed by atoms with van der Waals surface area (Å²) in [5.41, 5.74) is 2.20. The van der Waals surface area contributed by atoms with Crippen molar-refractivity contribution in [1.82, 2.24) is 10.3 Å². The highest BCUT2D eigenvalue weighted by molar-refractivity contribution is 7.13. The molecule has 21 heavy (non-hydrogen) atoms. The molecule has 4 nitrogen and oxygen atoms in total. The number of hydrogen-bond acceptors (Lipinski definition) is 5. The molecular weight excluding hydrogens is 284 g/mol. The Morgan fingerprint density at radius 3 is 2.71 bits per heavy atom. The van der Waals surface area contributed by atoms with E-state index in [0.717, 1.165) is 54.7 Å². The first-order valence-corrected chi connectivity index (χ1v) is 8.08. The molecule has 1 heterocycles. The molecule has 114 valence electrons. The summed E-state index contributed by atoms with van der Waals surface area (Å²) in [4.78, 5) is 4.64. The molecule has 0 saturated carbocycles. The summed E-state index contributed by atoms with van der Waals surface area (Å²) in [5.74, 6) is 0.915. The van der Waals surface area contributed by atoms with E-state index >= 15 is 0 Å². The van der Waals surface area contributed by atoms with Crippen molar-refractivity contribution in [3.63, 3.8) is 0 Å². The average molecular weight is 306 g/mol. The van der Waals surface area contributed by atoms with Crippen molar-refractivity contribution in [3.05, 3.63) is 35.3 Å². The van der Waals surface area contributed by atoms with Gasteiger partial charge in [-0.2, -0.15) is 0 Å². The lowest BCUT2D eigenvalue weighted by atomic mass is 10.2. The quantitative estimate of drug-likeness (QED) is 0.722. The molecule has 0 fully saturated rings. The van der Waals surface area contributed by atoms with Gasteiger partial charge in [0.2, 0.25) is 0 Å². The largest absolute Gasteiger partial charge is 0.494 e. The van der Waals surface area contributed by atoms with Crippen LogP contribution in [0.2, 0.25) is 0 Å². The Morgan fingerprint density at radius 1 is 1.19 bits per heavy atom. The van der Waals surface area contributed by atoms with Gasteiger partial charge >= 0.3 is 0 Å². The number of benzene rings is 1. The van der Waals surface area contributed by atoms with Gasteiger partial charge in [-0.25, -0.2) is 4.98 Å². The fraction of sp³-hybridized carbons (Fsp3) is 0.438. The Kier molecular flexibility index (Phi) is 6.66. The van der Waals surface area contributed by atoms with Crippen LogP contribution in [0.3, 0.4) is 0 Å². The molecule has 0 atom stereocenters. The number of nitrogens with zero attached hydrogens (tertiary/aromatic N) is 1. The van der Waals surface area contributed by atoms with E-state index in [2.05, 4.69) is 34.7 Å². The van der Waals surface area contributed by atoms with E-state index in [0.29, 0.717) is 0 Å². The minimum Gasteiger partial charge on any atom is -0.494 e. The number of ether oxygens (including phenoxy) is 2. The number of rotatable bonds is 9. The Bertz CT molecular complexity index is 525. The third-order valence-electron chi connectivity index (χ3n) is 2.91. The van der Waals surface area contributed by atoms with Gasteiger partial charge in [0.1, 0.15) is 10.8 Å². The van der Waals surface area contributed by atoms with Crippen LogP contribution in [0, 0.1) is 0 Å². The molecule has 2 rings (SSSR count). The van der Waals surface area contributed by atoms with Gasteiger partial charge in [-0.15, -0.1) is 11.3 Å². The van der Waals surface area contributed by atoms with Crippen LogP contribution in [0.5, 0.6) is 5.75 Å². The van der Waals surface area contributed by atoms with E-state index in [-0.39, 0.29) is 0 Å². The maximum Gasteiger partial charge on any atom is 0.123 e. The standard InChI is InChI=1S/C16H22N2O2S/c1-3-9-20-15-6-4-13(5-7-15)16-18-14(12-21-16)11-17-8-10-19-2/h4-7,12,17H,3,8-11H2,1-2H3. The van der Waals surface area contributed by atoms with Crippen LogP contribution < -0.4 is 10.1 Å². The predicted molar refractivity (Wildman–Crippen MR) is 86.9 cm³/mol. The first-order valence-electron chi connectivity index (χ1n) is 7.20. The fourth-order valence-electron chi connectivity index (χ4n) is 1.83. The van der Waals surface area contributed by atoms with Crippen LogP contribution in [0.15, 0.2) is 29.6 Å². The maximum absolute atomic E-state index is 5.59. The Labute approximate surface area is 130 Å². The second kappa shape index (κ2) is 8.77. The van der Waals surface area contributed by atoms with Crippen molar-refractivity contribution < 1.29 is 9.47 Å². The van der Waals surface area contributed by atoms with E-state index in [1.54, 1.807) is 18.4 Å². The normalized spacial score (nSPS) is 10.8. The molecule has 0 aliphatic rings. The zero-order valence-corrected chi connectivity index (χ0v) is 13.4. The van der Waals surface area contributed by atoms with E-state index in [1.807, 2.05) is 12.1 Å². The lowest BCUT2D eigenvalue weighted by Crippen LogP contribution is -2.18. The van der Waals surface area contributed by atoms with Crippen LogP contribution >= 0.6 is 11.3 Å². The second-order valence-electron chi connectivity index (χ2n) is 4.69. The summed E-state index contributed by atoms with van der Waals surface area (Å²) in [7, 11) is 1.70. The molecule has 0 bridgehead atoms. The van der Waals surface area contributed by atoms with Gasteiger partial charge < -0.3 is 14.8 Å². The molecule has 1 aromatic carbocycles. The lowest BCUT2D eigenvalue weighted by Gasteiger charge is -2.04. The molecule has 0 saturated heterocycles. The molecule has 0 amide bonds. The first-order chi connectivity index (χ1) is 10.3. The van der Waals surface area contributed by atoms with Gasteiger partial charge in [-0.3, -0.25) is 0 Å². The minimum absolute atomic E-state index is 0.718. The Hall–Kier alpha value is -1.43. The van der Waals surface area contributed by atoms with Gasteiger partial charge in [0, 0.05) is 31.1 Å². The number of nitrogens with one attached hydrogen (secondary N) is 1. The van der Waals surface area contributed by atoms with Crippen LogP contribution in [0.4, 0.5) is 0 Å². The van der Waals surface area contributed by atoms with Gasteiger partial charge in [0.15, 0.2) is 0 Å². The molecule has 0 spiro atoms. The smallest absolute Gasteiger partial charge is 0.123 e. The maximum atomic E-state index is 5.59. The average Bonchev–Trinajstić information content (AvgIpc) is 2.99. The lowest BCUT2D eigenvalue weighted by molar-refractivity contribution is 0.199. The highest BCUT2D eigenvalue weighted by Crippen LogP contribution is 2.25. The third kappa shape index (κ3) is 5.12. The molecule has 1 aromatic heterocycles. The summed E-state index contributed by atoms with van der Waals surface area (Å²) in [6, 6.07) is 8.13. The van der Waals surface area contributed by atoms with Crippen molar-refractivity contribution in [1.29, 1.82) is 0 Å². The number of thiazole rings is 1. The van der Waals surface area contributed by atoms with E-state index in [4.69, 9.17) is 9.47 Å². The van der Waals surface area contributed by atoms with Crippen LogP contribution in [0.1, 0.15) is 19.0 Å². The zero-order chi connectivity index (χ0) is 14.9. The van der Waals surface area contributed by atoms with E-state index < -0.39 is 0 Å². The number of hydrogen-bond donors (Lipinski definition) is 1. The molecule has 0 aliphatic heterocycles. The van der Waals surface area contributed by atoms with Crippen molar-refractivity contribution in [3.8, 4) is 16.3 Å². The van der Waals surface area contributed by atoms with Gasteiger partial charge in [-0.1, -0.05) is 6.92 Å². The second-order valence-corrected chi connectivity index (χ2v) is 5.54. The monoisotopic (exact) mass is 306 g/mol. The molecule has 0 radical (unpaired) electrons. The number of aromatic nitrogens is 1. The van der Waals surface area contributed by atoms with E-state index in [9.17, 15) is 0 Å². The van der Waals surface area contributed by atoms with Gasteiger partial charge in [0.25, 0.3) is 0 Å². The molecular formula is C16H22N2O2S. The summed E-state index contributed by atoms with van der Waals surface area (Å²) in [6.45, 7) is 5.20. The minimum atomic E-state index is 0.718. The highest BCUT2D eigenvalue weighted by atomic mass is 32.1. The van der Waals surface area contributed by atoms with Crippen molar-refractivity contribution >= 4 is 11.3 Å². The molecule has 5 heteroatoms. The molecule has 1 N–H and O–H groups in total. The van der Waals surface area contributed by atoms with Crippen LogP contribution in [-0.2, 0) is 11.3 Å². The Balaban J connectivity index is 1.91. The van der Waals surface area contributed by atoms with Crippen LogP contribution in [-0.4, -0.2) is 31.9 Å². The van der Waals surface area contributed by atoms with Crippen molar-refractivity contribution in [2.24, 2.45) is 0 Å². The molecule has 0 unspecified atom stereocenters. The van der Waals surface area contributed by atoms with E-state index in [1.165, 1.54) is 0 Å². The van der Waals surface area contributed by atoms with Crippen LogP contribution in [0.25, 0.3) is 10.6 Å². The molecule has 2 aromatic rings. The van der Waals surface area contributed by atoms with Gasteiger partial charge in [-0.05, 0) is 30.7 Å². The van der Waals surface area contributed by atoms with Gasteiger partial charge in [0.05, 0.1) is 18.9 Å². The Morgan fingerprint density at radius 2 is 2.00 bits per heavy atom. The fourth-order valence-corrected chi connectivity index (χ4v) is 2.65. The summed E-state index contributed by atoms with van der Waals surface area (Å²) >= 11 is 1.67. The summed E-state index contributed by atoms with van der Waals surface area (Å²) in [5, 5.41) is 6.43. The summed E-state index contributed by atoms with van der Waals surface area (Å²) in [6.07, 6.45) is 1.02. The zero-order valence-electron chi connectivity index (χ0n) is 12.6. The molecule has 0 aliphatic carbocycles.